The fourth-order valence-electron chi connectivity index (χ4n) is 3.69. The molecule has 1 aromatic heterocycles. The van der Waals surface area contributed by atoms with Crippen LogP contribution in [-0.4, -0.2) is 30.7 Å². The molecule has 0 saturated carbocycles. The average molecular weight is 517 g/mol. The van der Waals surface area contributed by atoms with Crippen LogP contribution in [-0.2, 0) is 14.3 Å². The van der Waals surface area contributed by atoms with Gasteiger partial charge >= 0.3 is 11.9 Å². The van der Waals surface area contributed by atoms with Crippen LogP contribution in [0.4, 0.5) is 0 Å². The summed E-state index contributed by atoms with van der Waals surface area (Å²) in [6, 6.07) is 10.7. The molecule has 0 spiro atoms. The number of fused-ring (bicyclic) bond motifs is 1. The third-order valence-corrected chi connectivity index (χ3v) is 6.87. The number of hydrogen-bond acceptors (Lipinski definition) is 7. The van der Waals surface area contributed by atoms with Gasteiger partial charge in [0.25, 0.3) is 5.56 Å². The van der Waals surface area contributed by atoms with Gasteiger partial charge in [-0.1, -0.05) is 52.7 Å². The van der Waals surface area contributed by atoms with Gasteiger partial charge in [-0.3, -0.25) is 9.36 Å². The number of carbonyl (C=O) groups is 2. The molecular formula is C24H18Cl2N2O5S. The zero-order valence-electron chi connectivity index (χ0n) is 18.3. The molecule has 2 heterocycles. The first kappa shape index (κ1) is 23.9. The molecule has 0 N–H and O–H groups in total. The van der Waals surface area contributed by atoms with E-state index in [9.17, 15) is 14.4 Å². The normalized spacial score (nSPS) is 15.6. The number of benzene rings is 2. The Labute approximate surface area is 208 Å². The molecule has 0 amide bonds. The van der Waals surface area contributed by atoms with E-state index in [0.717, 1.165) is 0 Å². The number of methoxy groups -OCH3 is 2. The summed E-state index contributed by atoms with van der Waals surface area (Å²) in [7, 11) is 2.57. The highest BCUT2D eigenvalue weighted by Gasteiger charge is 2.33. The van der Waals surface area contributed by atoms with Crippen molar-refractivity contribution in [1.82, 2.24) is 4.57 Å². The van der Waals surface area contributed by atoms with Gasteiger partial charge in [-0.25, -0.2) is 14.6 Å². The van der Waals surface area contributed by atoms with Crippen LogP contribution in [0.3, 0.4) is 0 Å². The lowest BCUT2D eigenvalue weighted by atomic mass is 9.95. The van der Waals surface area contributed by atoms with Crippen LogP contribution in [0.25, 0.3) is 6.08 Å². The molecule has 3 aromatic rings. The maximum atomic E-state index is 13.5. The molecule has 10 heteroatoms. The van der Waals surface area contributed by atoms with Crippen molar-refractivity contribution in [1.29, 1.82) is 0 Å². The van der Waals surface area contributed by atoms with Crippen molar-refractivity contribution in [2.75, 3.05) is 14.2 Å². The van der Waals surface area contributed by atoms with Crippen molar-refractivity contribution < 1.29 is 19.1 Å². The maximum Gasteiger partial charge on any atom is 0.338 e. The number of halogens is 2. The Balaban J connectivity index is 1.94. The number of hydrogen-bond donors (Lipinski definition) is 0. The van der Waals surface area contributed by atoms with E-state index < -0.39 is 18.0 Å². The number of carbonyl (C=O) groups excluding carboxylic acids is 2. The van der Waals surface area contributed by atoms with Crippen LogP contribution in [0.5, 0.6) is 0 Å². The Kier molecular flexibility index (Phi) is 6.74. The highest BCUT2D eigenvalue weighted by atomic mass is 35.5. The van der Waals surface area contributed by atoms with Crippen molar-refractivity contribution in [2.24, 2.45) is 4.99 Å². The lowest BCUT2D eigenvalue weighted by Gasteiger charge is -2.24. The number of esters is 2. The number of thiazole rings is 1. The molecule has 1 unspecified atom stereocenters. The topological polar surface area (TPSA) is 87.0 Å². The van der Waals surface area contributed by atoms with Gasteiger partial charge in [0, 0.05) is 10.0 Å². The molecule has 1 aliphatic rings. The molecule has 0 saturated heterocycles. The van der Waals surface area contributed by atoms with Crippen LogP contribution in [0, 0.1) is 0 Å². The summed E-state index contributed by atoms with van der Waals surface area (Å²) in [5, 5.41) is 0.886. The number of rotatable bonds is 4. The maximum absolute atomic E-state index is 13.5. The predicted molar refractivity (Wildman–Crippen MR) is 130 cm³/mol. The molecule has 4 rings (SSSR count). The standard InChI is InChI=1S/C24H18Cl2N2O5S/c1-12-19(23(31)33-3)20(13-4-6-14(7-5-13)22(30)32-2)28-21(29)18(34-24(28)27-12)10-15-8-9-16(25)11-17(15)26/h4-11,20H,1-3H3. The van der Waals surface area contributed by atoms with Gasteiger partial charge in [-0.2, -0.15) is 0 Å². The first-order valence-corrected chi connectivity index (χ1v) is 11.6. The van der Waals surface area contributed by atoms with E-state index in [4.69, 9.17) is 32.7 Å². The number of allylic oxidation sites excluding steroid dienone is 1. The molecule has 174 valence electrons. The van der Waals surface area contributed by atoms with E-state index in [1.54, 1.807) is 55.5 Å². The molecule has 34 heavy (non-hydrogen) atoms. The van der Waals surface area contributed by atoms with Gasteiger partial charge in [-0.15, -0.1) is 0 Å². The number of ether oxygens (including phenoxy) is 2. The molecule has 0 aliphatic carbocycles. The summed E-state index contributed by atoms with van der Waals surface area (Å²) in [5.41, 5.74) is 1.91. The second kappa shape index (κ2) is 9.58. The first-order valence-electron chi connectivity index (χ1n) is 9.99. The van der Waals surface area contributed by atoms with E-state index >= 15 is 0 Å². The molecule has 0 radical (unpaired) electrons. The van der Waals surface area contributed by atoms with Crippen molar-refractivity contribution in [2.45, 2.75) is 13.0 Å². The van der Waals surface area contributed by atoms with E-state index in [1.807, 2.05) is 0 Å². The third kappa shape index (κ3) is 4.32. The summed E-state index contributed by atoms with van der Waals surface area (Å²) >= 11 is 13.5. The van der Waals surface area contributed by atoms with E-state index in [2.05, 4.69) is 4.99 Å². The zero-order valence-corrected chi connectivity index (χ0v) is 20.6. The minimum Gasteiger partial charge on any atom is -0.466 e. The molecule has 0 fully saturated rings. The van der Waals surface area contributed by atoms with Crippen molar-refractivity contribution >= 4 is 52.6 Å². The van der Waals surface area contributed by atoms with E-state index in [0.29, 0.717) is 41.8 Å². The summed E-state index contributed by atoms with van der Waals surface area (Å²) in [6.07, 6.45) is 1.66. The Bertz CT molecular complexity index is 1520. The van der Waals surface area contributed by atoms with Crippen LogP contribution in [0.15, 0.2) is 63.5 Å². The molecule has 1 aliphatic heterocycles. The quantitative estimate of drug-likeness (QED) is 0.495. The van der Waals surface area contributed by atoms with Crippen molar-refractivity contribution in [3.05, 3.63) is 100 Å². The SMILES string of the molecule is COC(=O)C1=C(C)N=c2sc(=Cc3ccc(Cl)cc3Cl)c(=O)n2C1c1ccc(C(=O)OC)cc1. The summed E-state index contributed by atoms with van der Waals surface area (Å²) in [5.74, 6) is -1.09. The number of nitrogens with zero attached hydrogens (tertiary/aromatic N) is 2. The largest absolute Gasteiger partial charge is 0.466 e. The molecule has 1 atom stereocenters. The van der Waals surface area contributed by atoms with E-state index in [1.165, 1.54) is 30.1 Å². The van der Waals surface area contributed by atoms with Crippen molar-refractivity contribution in [3.63, 3.8) is 0 Å². The van der Waals surface area contributed by atoms with Crippen LogP contribution in [0.1, 0.15) is 34.5 Å². The fourth-order valence-corrected chi connectivity index (χ4v) is 5.19. The molecule has 0 bridgehead atoms. The second-order valence-corrected chi connectivity index (χ2v) is 9.21. The number of aromatic nitrogens is 1. The van der Waals surface area contributed by atoms with Gasteiger partial charge in [0.15, 0.2) is 4.80 Å². The van der Waals surface area contributed by atoms with Crippen molar-refractivity contribution in [3.8, 4) is 0 Å². The van der Waals surface area contributed by atoms with E-state index in [-0.39, 0.29) is 11.1 Å². The Morgan fingerprint density at radius 1 is 1.06 bits per heavy atom. The highest BCUT2D eigenvalue weighted by Crippen LogP contribution is 2.31. The Morgan fingerprint density at radius 3 is 2.35 bits per heavy atom. The first-order chi connectivity index (χ1) is 16.2. The highest BCUT2D eigenvalue weighted by molar-refractivity contribution is 7.07. The molecular weight excluding hydrogens is 499 g/mol. The van der Waals surface area contributed by atoms with Crippen LogP contribution in [0.2, 0.25) is 10.0 Å². The lowest BCUT2D eigenvalue weighted by molar-refractivity contribution is -0.136. The minimum absolute atomic E-state index is 0.233. The molecule has 7 nitrogen and oxygen atoms in total. The van der Waals surface area contributed by atoms with Gasteiger partial charge in [0.05, 0.1) is 41.6 Å². The Hall–Kier alpha value is -3.20. The van der Waals surface area contributed by atoms with Gasteiger partial charge in [0.2, 0.25) is 0 Å². The van der Waals surface area contributed by atoms with Crippen LogP contribution >= 0.6 is 34.5 Å². The summed E-state index contributed by atoms with van der Waals surface area (Å²) in [6.45, 7) is 1.69. The Morgan fingerprint density at radius 2 is 1.74 bits per heavy atom. The van der Waals surface area contributed by atoms with Crippen LogP contribution < -0.4 is 14.9 Å². The predicted octanol–water partition coefficient (Wildman–Crippen LogP) is 3.50. The van der Waals surface area contributed by atoms with Gasteiger partial charge in [0.1, 0.15) is 0 Å². The minimum atomic E-state index is -0.793. The summed E-state index contributed by atoms with van der Waals surface area (Å²) in [4.78, 5) is 43.0. The summed E-state index contributed by atoms with van der Waals surface area (Å²) < 4.78 is 11.6. The third-order valence-electron chi connectivity index (χ3n) is 5.32. The average Bonchev–Trinajstić information content (AvgIpc) is 3.13. The van der Waals surface area contributed by atoms with Gasteiger partial charge < -0.3 is 9.47 Å². The molecule has 2 aromatic carbocycles. The van der Waals surface area contributed by atoms with Gasteiger partial charge in [-0.05, 0) is 48.4 Å². The lowest BCUT2D eigenvalue weighted by Crippen LogP contribution is -2.39. The second-order valence-electron chi connectivity index (χ2n) is 7.35. The smallest absolute Gasteiger partial charge is 0.338 e. The monoisotopic (exact) mass is 516 g/mol. The fraction of sp³-hybridized carbons (Fsp3) is 0.167. The zero-order chi connectivity index (χ0) is 24.6.